The van der Waals surface area contributed by atoms with Crippen LogP contribution < -0.4 is 11.3 Å². The molecule has 1 atom stereocenters. The predicted octanol–water partition coefficient (Wildman–Crippen LogP) is 2.96. The molecule has 0 aliphatic heterocycles. The van der Waals surface area contributed by atoms with Crippen LogP contribution in [-0.2, 0) is 6.42 Å². The molecule has 1 unspecified atom stereocenters. The summed E-state index contributed by atoms with van der Waals surface area (Å²) in [6.07, 6.45) is 3.40. The molecule has 2 aromatic rings. The Morgan fingerprint density at radius 1 is 1.33 bits per heavy atom. The van der Waals surface area contributed by atoms with Crippen molar-refractivity contribution in [2.75, 3.05) is 0 Å². The van der Waals surface area contributed by atoms with Gasteiger partial charge in [0.2, 0.25) is 0 Å². The summed E-state index contributed by atoms with van der Waals surface area (Å²) in [6, 6.07) is 3.15. The number of nitrogens with one attached hydrogen (secondary N) is 1. The van der Waals surface area contributed by atoms with Gasteiger partial charge in [0.15, 0.2) is 0 Å². The van der Waals surface area contributed by atoms with Crippen LogP contribution >= 0.6 is 11.6 Å². The van der Waals surface area contributed by atoms with Crippen molar-refractivity contribution in [3.05, 3.63) is 58.5 Å². The van der Waals surface area contributed by atoms with E-state index in [0.717, 1.165) is 17.7 Å². The highest BCUT2D eigenvalue weighted by Crippen LogP contribution is 2.25. The summed E-state index contributed by atoms with van der Waals surface area (Å²) in [4.78, 5) is 0. The monoisotopic (exact) mass is 272 g/mol. The highest BCUT2D eigenvalue weighted by Gasteiger charge is 2.18. The van der Waals surface area contributed by atoms with Crippen molar-refractivity contribution in [3.63, 3.8) is 0 Å². The Kier molecular flexibility index (Phi) is 3.96. The summed E-state index contributed by atoms with van der Waals surface area (Å²) in [6.45, 7) is 0. The molecule has 96 valence electrons. The minimum atomic E-state index is -0.680. The molecule has 18 heavy (non-hydrogen) atoms. The lowest BCUT2D eigenvalue weighted by Gasteiger charge is -2.16. The van der Waals surface area contributed by atoms with Gasteiger partial charge in [-0.05, 0) is 30.2 Å². The van der Waals surface area contributed by atoms with Gasteiger partial charge in [0.25, 0.3) is 0 Å². The van der Waals surface area contributed by atoms with Crippen molar-refractivity contribution in [2.24, 2.45) is 5.84 Å². The summed E-state index contributed by atoms with van der Waals surface area (Å²) in [5.41, 5.74) is 3.40. The third-order valence-corrected chi connectivity index (χ3v) is 2.93. The maximum Gasteiger partial charge on any atom is 0.142 e. The molecule has 3 nitrogen and oxygen atoms in total. The second kappa shape index (κ2) is 5.48. The Balaban J connectivity index is 2.30. The van der Waals surface area contributed by atoms with Crippen LogP contribution in [0.15, 0.2) is 35.1 Å². The topological polar surface area (TPSA) is 51.2 Å². The van der Waals surface area contributed by atoms with Gasteiger partial charge in [0, 0.05) is 5.56 Å². The molecule has 0 aliphatic rings. The Bertz CT molecular complexity index is 531. The van der Waals surface area contributed by atoms with Crippen molar-refractivity contribution in [2.45, 2.75) is 12.5 Å². The lowest BCUT2D eigenvalue weighted by atomic mass is 10.0. The van der Waals surface area contributed by atoms with E-state index >= 15 is 0 Å². The molecule has 0 radical (unpaired) electrons. The quantitative estimate of drug-likeness (QED) is 0.511. The van der Waals surface area contributed by atoms with E-state index < -0.39 is 17.7 Å². The highest BCUT2D eigenvalue weighted by molar-refractivity contribution is 6.30. The Labute approximate surface area is 108 Å². The van der Waals surface area contributed by atoms with E-state index in [0.29, 0.717) is 6.42 Å². The van der Waals surface area contributed by atoms with Gasteiger partial charge >= 0.3 is 0 Å². The predicted molar refractivity (Wildman–Crippen MR) is 63.8 cm³/mol. The fourth-order valence-corrected chi connectivity index (χ4v) is 1.86. The van der Waals surface area contributed by atoms with Crippen molar-refractivity contribution in [1.82, 2.24) is 5.43 Å². The van der Waals surface area contributed by atoms with Crippen molar-refractivity contribution >= 4 is 11.6 Å². The fraction of sp³-hybridized carbons (Fsp3) is 0.167. The van der Waals surface area contributed by atoms with Gasteiger partial charge in [0.1, 0.15) is 11.6 Å². The minimum Gasteiger partial charge on any atom is -0.472 e. The third-order valence-electron chi connectivity index (χ3n) is 2.64. The zero-order chi connectivity index (χ0) is 13.1. The molecule has 2 rings (SSSR count). The molecule has 1 aromatic carbocycles. The number of hydrogen-bond acceptors (Lipinski definition) is 3. The first-order valence-electron chi connectivity index (χ1n) is 5.23. The molecule has 0 saturated heterocycles. The van der Waals surface area contributed by atoms with E-state index in [2.05, 4.69) is 5.43 Å². The number of benzene rings is 1. The van der Waals surface area contributed by atoms with Crippen LogP contribution in [0.5, 0.6) is 0 Å². The smallest absolute Gasteiger partial charge is 0.142 e. The Morgan fingerprint density at radius 3 is 2.72 bits per heavy atom. The number of halogens is 3. The molecule has 0 fully saturated rings. The summed E-state index contributed by atoms with van der Waals surface area (Å²) in [5.74, 6) is 4.09. The standard InChI is InChI=1S/C12H11ClF2N2O/c13-9-5-10(14)8(4-11(9)15)12(17-16)3-7-1-2-18-6-7/h1-2,4-6,12,17H,3,16H2. The molecule has 0 bridgehead atoms. The highest BCUT2D eigenvalue weighted by atomic mass is 35.5. The summed E-state index contributed by atoms with van der Waals surface area (Å²) in [7, 11) is 0. The zero-order valence-electron chi connectivity index (χ0n) is 9.29. The lowest BCUT2D eigenvalue weighted by Crippen LogP contribution is -2.30. The number of furan rings is 1. The molecule has 0 aliphatic carbocycles. The largest absolute Gasteiger partial charge is 0.472 e. The second-order valence-electron chi connectivity index (χ2n) is 3.84. The van der Waals surface area contributed by atoms with Crippen LogP contribution in [0.25, 0.3) is 0 Å². The number of hydrazine groups is 1. The van der Waals surface area contributed by atoms with E-state index in [1.165, 1.54) is 12.5 Å². The molecule has 0 amide bonds. The summed E-state index contributed by atoms with van der Waals surface area (Å²) in [5, 5.41) is -0.254. The van der Waals surface area contributed by atoms with E-state index in [9.17, 15) is 8.78 Å². The average molecular weight is 273 g/mol. The first-order chi connectivity index (χ1) is 8.61. The minimum absolute atomic E-state index is 0.126. The normalized spacial score (nSPS) is 12.7. The molecule has 3 N–H and O–H groups in total. The van der Waals surface area contributed by atoms with Gasteiger partial charge in [-0.3, -0.25) is 11.3 Å². The second-order valence-corrected chi connectivity index (χ2v) is 4.25. The Hall–Kier alpha value is -1.43. The molecular weight excluding hydrogens is 262 g/mol. The SMILES string of the molecule is NNC(Cc1ccoc1)c1cc(F)c(Cl)cc1F. The lowest BCUT2D eigenvalue weighted by molar-refractivity contribution is 0.498. The van der Waals surface area contributed by atoms with Crippen LogP contribution in [0.4, 0.5) is 8.78 Å². The van der Waals surface area contributed by atoms with Crippen LogP contribution in [0.3, 0.4) is 0 Å². The molecule has 6 heteroatoms. The first-order valence-corrected chi connectivity index (χ1v) is 5.61. The molecule has 1 aromatic heterocycles. The molecular formula is C12H11ClF2N2O. The van der Waals surface area contributed by atoms with Crippen LogP contribution in [0.2, 0.25) is 5.02 Å². The van der Waals surface area contributed by atoms with Crippen molar-refractivity contribution in [3.8, 4) is 0 Å². The van der Waals surface area contributed by atoms with Crippen molar-refractivity contribution < 1.29 is 13.2 Å². The summed E-state index contributed by atoms with van der Waals surface area (Å²) >= 11 is 5.49. The van der Waals surface area contributed by atoms with Gasteiger partial charge in [-0.25, -0.2) is 8.78 Å². The summed E-state index contributed by atoms with van der Waals surface area (Å²) < 4.78 is 32.0. The van der Waals surface area contributed by atoms with Crippen LogP contribution in [0.1, 0.15) is 17.2 Å². The number of nitrogens with two attached hydrogens (primary N) is 1. The number of hydrogen-bond donors (Lipinski definition) is 2. The van der Waals surface area contributed by atoms with E-state index in [-0.39, 0.29) is 10.6 Å². The van der Waals surface area contributed by atoms with Gasteiger partial charge < -0.3 is 4.42 Å². The van der Waals surface area contributed by atoms with Crippen LogP contribution in [-0.4, -0.2) is 0 Å². The van der Waals surface area contributed by atoms with Crippen LogP contribution in [0, 0.1) is 11.6 Å². The third kappa shape index (κ3) is 2.69. The molecule has 0 spiro atoms. The average Bonchev–Trinajstić information content (AvgIpc) is 2.84. The van der Waals surface area contributed by atoms with Gasteiger partial charge in [0.05, 0.1) is 23.6 Å². The van der Waals surface area contributed by atoms with Gasteiger partial charge in [-0.2, -0.15) is 0 Å². The molecule has 1 heterocycles. The van der Waals surface area contributed by atoms with E-state index in [1.807, 2.05) is 0 Å². The van der Waals surface area contributed by atoms with E-state index in [1.54, 1.807) is 6.07 Å². The maximum absolute atomic E-state index is 13.7. The van der Waals surface area contributed by atoms with Crippen molar-refractivity contribution in [1.29, 1.82) is 0 Å². The van der Waals surface area contributed by atoms with E-state index in [4.69, 9.17) is 21.9 Å². The first kappa shape index (κ1) is 13.0. The zero-order valence-corrected chi connectivity index (χ0v) is 10.0. The van der Waals surface area contributed by atoms with Gasteiger partial charge in [-0.1, -0.05) is 11.6 Å². The number of rotatable bonds is 4. The Morgan fingerprint density at radius 2 is 2.11 bits per heavy atom. The van der Waals surface area contributed by atoms with Gasteiger partial charge in [-0.15, -0.1) is 0 Å². The molecule has 0 saturated carbocycles. The fourth-order valence-electron chi connectivity index (χ4n) is 1.71. The maximum atomic E-state index is 13.7.